The zero-order valence-corrected chi connectivity index (χ0v) is 17.9. The van der Waals surface area contributed by atoms with Crippen LogP contribution in [0.15, 0.2) is 28.7 Å². The van der Waals surface area contributed by atoms with E-state index < -0.39 is 0 Å². The number of fused-ring (bicyclic) bond motifs is 3. The maximum Gasteiger partial charge on any atom is 0.227 e. The minimum Gasteiger partial charge on any atom is -0.436 e. The Morgan fingerprint density at radius 1 is 1.00 bits per heavy atom. The van der Waals surface area contributed by atoms with Crippen molar-refractivity contribution in [3.63, 3.8) is 0 Å². The van der Waals surface area contributed by atoms with Gasteiger partial charge in [0.25, 0.3) is 0 Å². The van der Waals surface area contributed by atoms with Gasteiger partial charge >= 0.3 is 0 Å². The van der Waals surface area contributed by atoms with Crippen molar-refractivity contribution in [3.8, 4) is 0 Å². The predicted molar refractivity (Wildman–Crippen MR) is 117 cm³/mol. The van der Waals surface area contributed by atoms with Gasteiger partial charge in [0.2, 0.25) is 5.71 Å². The molecule has 1 saturated heterocycles. The summed E-state index contributed by atoms with van der Waals surface area (Å²) in [5, 5.41) is 2.31. The van der Waals surface area contributed by atoms with E-state index in [1.54, 1.807) is 0 Å². The number of aryl methyl sites for hydroxylation is 2. The molecule has 1 aromatic carbocycles. The fourth-order valence-corrected chi connectivity index (χ4v) is 6.44. The Labute approximate surface area is 168 Å². The van der Waals surface area contributed by atoms with E-state index in [-0.39, 0.29) is 5.54 Å². The maximum atomic E-state index is 6.42. The molecule has 1 aliphatic heterocycles. The molecular weight excluding hydrogens is 344 g/mol. The molecule has 2 aromatic heterocycles. The summed E-state index contributed by atoms with van der Waals surface area (Å²) in [4.78, 5) is 7.36. The Kier molecular flexibility index (Phi) is 3.85. The molecule has 0 N–H and O–H groups in total. The van der Waals surface area contributed by atoms with Gasteiger partial charge in [-0.25, -0.2) is 4.98 Å². The van der Waals surface area contributed by atoms with Crippen LogP contribution in [0.1, 0.15) is 70.6 Å². The number of anilines is 1. The molecule has 1 unspecified atom stereocenters. The Morgan fingerprint density at radius 2 is 1.71 bits per heavy atom. The van der Waals surface area contributed by atoms with Gasteiger partial charge in [-0.2, -0.15) is 0 Å². The van der Waals surface area contributed by atoms with Crippen molar-refractivity contribution in [2.24, 2.45) is 5.41 Å². The number of hydrogen-bond donors (Lipinski definition) is 0. The summed E-state index contributed by atoms with van der Waals surface area (Å²) >= 11 is 0. The first-order valence-corrected chi connectivity index (χ1v) is 10.9. The standard InChI is InChI=1S/C25H32N2O/c1-16-9-11-19-20-12-10-17(2)26-23(20)28-22(19)21(16)27-18(3)25(15-24(27,4)5)13-7-6-8-14-25/h9-12,18H,6-8,13-15H2,1-5H3. The van der Waals surface area contributed by atoms with Crippen molar-refractivity contribution in [2.75, 3.05) is 4.90 Å². The summed E-state index contributed by atoms with van der Waals surface area (Å²) in [6, 6.07) is 9.23. The SMILES string of the molecule is Cc1ccc2c(n1)oc1c(N3C(C)C4(CCCCC4)CC3(C)C)c(C)ccc12. The van der Waals surface area contributed by atoms with Gasteiger partial charge in [-0.3, -0.25) is 0 Å². The minimum atomic E-state index is 0.123. The predicted octanol–water partition coefficient (Wildman–Crippen LogP) is 6.93. The third-order valence-electron chi connectivity index (χ3n) is 7.62. The first-order valence-electron chi connectivity index (χ1n) is 10.9. The molecular formula is C25H32N2O. The summed E-state index contributed by atoms with van der Waals surface area (Å²) in [6.07, 6.45) is 8.16. The summed E-state index contributed by atoms with van der Waals surface area (Å²) in [7, 11) is 0. The molecule has 2 aliphatic rings. The molecule has 148 valence electrons. The van der Waals surface area contributed by atoms with Crippen LogP contribution in [-0.4, -0.2) is 16.6 Å². The third-order valence-corrected chi connectivity index (χ3v) is 7.62. The number of benzene rings is 1. The molecule has 28 heavy (non-hydrogen) atoms. The molecule has 1 aliphatic carbocycles. The zero-order valence-electron chi connectivity index (χ0n) is 17.9. The highest BCUT2D eigenvalue weighted by atomic mass is 16.3. The normalized spacial score (nSPS) is 23.9. The van der Waals surface area contributed by atoms with E-state index in [9.17, 15) is 0 Å². The molecule has 3 heterocycles. The van der Waals surface area contributed by atoms with Crippen molar-refractivity contribution in [3.05, 3.63) is 35.5 Å². The van der Waals surface area contributed by atoms with Gasteiger partial charge in [0.05, 0.1) is 5.69 Å². The quantitative estimate of drug-likeness (QED) is 0.461. The molecule has 1 atom stereocenters. The average molecular weight is 377 g/mol. The highest BCUT2D eigenvalue weighted by Gasteiger charge is 2.54. The molecule has 0 amide bonds. The van der Waals surface area contributed by atoms with Gasteiger partial charge in [0, 0.05) is 28.0 Å². The lowest BCUT2D eigenvalue weighted by molar-refractivity contribution is 0.170. The number of aromatic nitrogens is 1. The number of nitrogens with zero attached hydrogens (tertiary/aromatic N) is 2. The van der Waals surface area contributed by atoms with Crippen LogP contribution >= 0.6 is 0 Å². The molecule has 3 aromatic rings. The second-order valence-corrected chi connectivity index (χ2v) is 9.97. The topological polar surface area (TPSA) is 29.3 Å². The second kappa shape index (κ2) is 5.98. The molecule has 2 fully saturated rings. The fourth-order valence-electron chi connectivity index (χ4n) is 6.44. The maximum absolute atomic E-state index is 6.42. The molecule has 3 nitrogen and oxygen atoms in total. The van der Waals surface area contributed by atoms with Crippen molar-refractivity contribution in [1.82, 2.24) is 4.98 Å². The number of hydrogen-bond acceptors (Lipinski definition) is 3. The number of furan rings is 1. The van der Waals surface area contributed by atoms with Gasteiger partial charge in [-0.1, -0.05) is 31.4 Å². The van der Waals surface area contributed by atoms with Crippen LogP contribution in [0.5, 0.6) is 0 Å². The summed E-state index contributed by atoms with van der Waals surface area (Å²) in [6.45, 7) is 11.6. The van der Waals surface area contributed by atoms with E-state index in [1.807, 2.05) is 6.92 Å². The molecule has 1 saturated carbocycles. The monoisotopic (exact) mass is 376 g/mol. The Balaban J connectivity index is 1.73. The van der Waals surface area contributed by atoms with Gasteiger partial charge in [-0.05, 0) is 77.0 Å². The van der Waals surface area contributed by atoms with Crippen LogP contribution in [0.4, 0.5) is 5.69 Å². The van der Waals surface area contributed by atoms with Crippen LogP contribution in [0.25, 0.3) is 22.1 Å². The summed E-state index contributed by atoms with van der Waals surface area (Å²) in [5.41, 5.74) is 5.93. The second-order valence-electron chi connectivity index (χ2n) is 9.97. The zero-order chi connectivity index (χ0) is 19.7. The van der Waals surface area contributed by atoms with Crippen molar-refractivity contribution < 1.29 is 4.42 Å². The Bertz CT molecular complexity index is 1060. The third kappa shape index (κ3) is 2.44. The van der Waals surface area contributed by atoms with Crippen molar-refractivity contribution in [1.29, 1.82) is 0 Å². The first kappa shape index (κ1) is 18.0. The first-order chi connectivity index (χ1) is 13.3. The largest absolute Gasteiger partial charge is 0.436 e. The highest BCUT2D eigenvalue weighted by molar-refractivity contribution is 6.08. The van der Waals surface area contributed by atoms with Crippen molar-refractivity contribution >= 4 is 27.8 Å². The van der Waals surface area contributed by atoms with Crippen LogP contribution in [-0.2, 0) is 0 Å². The van der Waals surface area contributed by atoms with E-state index in [2.05, 4.69) is 61.8 Å². The highest BCUT2D eigenvalue weighted by Crippen LogP contribution is 2.57. The van der Waals surface area contributed by atoms with Crippen LogP contribution in [0, 0.1) is 19.3 Å². The van der Waals surface area contributed by atoms with E-state index in [1.165, 1.54) is 55.2 Å². The van der Waals surface area contributed by atoms with Gasteiger partial charge in [0.15, 0.2) is 5.58 Å². The fraction of sp³-hybridized carbons (Fsp3) is 0.560. The smallest absolute Gasteiger partial charge is 0.227 e. The molecule has 5 rings (SSSR count). The van der Waals surface area contributed by atoms with Crippen molar-refractivity contribution in [2.45, 2.75) is 84.7 Å². The molecule has 3 heteroatoms. The molecule has 0 radical (unpaired) electrons. The Hall–Kier alpha value is -2.03. The van der Waals surface area contributed by atoms with E-state index in [4.69, 9.17) is 4.42 Å². The minimum absolute atomic E-state index is 0.123. The van der Waals surface area contributed by atoms with Crippen LogP contribution in [0.2, 0.25) is 0 Å². The average Bonchev–Trinajstić information content (AvgIpc) is 3.09. The van der Waals surface area contributed by atoms with Gasteiger partial charge < -0.3 is 9.32 Å². The van der Waals surface area contributed by atoms with Gasteiger partial charge in [0.1, 0.15) is 0 Å². The van der Waals surface area contributed by atoms with E-state index >= 15 is 0 Å². The lowest BCUT2D eigenvalue weighted by atomic mass is 9.68. The van der Waals surface area contributed by atoms with Gasteiger partial charge in [-0.15, -0.1) is 0 Å². The van der Waals surface area contributed by atoms with Crippen LogP contribution < -0.4 is 4.90 Å². The van der Waals surface area contributed by atoms with Crippen LogP contribution in [0.3, 0.4) is 0 Å². The number of pyridine rings is 1. The molecule has 0 bridgehead atoms. The molecule has 1 spiro atoms. The van der Waals surface area contributed by atoms with E-state index in [0.717, 1.165) is 22.4 Å². The van der Waals surface area contributed by atoms with E-state index in [0.29, 0.717) is 11.5 Å². The lowest BCUT2D eigenvalue weighted by Crippen LogP contribution is -2.44. The summed E-state index contributed by atoms with van der Waals surface area (Å²) < 4.78 is 6.42. The Morgan fingerprint density at radius 3 is 2.46 bits per heavy atom. The summed E-state index contributed by atoms with van der Waals surface area (Å²) in [5.74, 6) is 0. The lowest BCUT2D eigenvalue weighted by Gasteiger charge is -2.41. The number of rotatable bonds is 1.